The molecule has 2 rings (SSSR count). The number of aliphatic imine (C=N–C) groups is 1. The van der Waals surface area contributed by atoms with Crippen molar-refractivity contribution >= 4 is 40.0 Å². The molecule has 0 atom stereocenters. The van der Waals surface area contributed by atoms with Gasteiger partial charge in [-0.15, -0.1) is 24.0 Å². The number of rotatable bonds is 6. The highest BCUT2D eigenvalue weighted by Gasteiger charge is 2.26. The fraction of sp³-hybridized carbons (Fsp3) is 0.667. The van der Waals surface area contributed by atoms with Crippen LogP contribution in [-0.4, -0.2) is 57.2 Å². The Hall–Kier alpha value is -0.810. The molecule has 0 unspecified atom stereocenters. The topological polar surface area (TPSA) is 86.9 Å². The molecule has 138 valence electrons. The second kappa shape index (κ2) is 10.2. The molecule has 2 heterocycles. The molecular formula is C15H27IN4O3S. The quantitative estimate of drug-likeness (QED) is 0.373. The predicted octanol–water partition coefficient (Wildman–Crippen LogP) is 1.42. The van der Waals surface area contributed by atoms with Gasteiger partial charge in [0, 0.05) is 39.1 Å². The van der Waals surface area contributed by atoms with Crippen molar-refractivity contribution in [3.05, 3.63) is 24.2 Å². The Labute approximate surface area is 161 Å². The van der Waals surface area contributed by atoms with E-state index in [9.17, 15) is 8.42 Å². The number of hydrogen-bond donors (Lipinski definition) is 2. The molecule has 0 spiro atoms. The fourth-order valence-electron chi connectivity index (χ4n) is 2.61. The summed E-state index contributed by atoms with van der Waals surface area (Å²) in [6, 6.07) is 4.07. The molecule has 7 nitrogen and oxygen atoms in total. The van der Waals surface area contributed by atoms with Gasteiger partial charge in [-0.2, -0.15) is 0 Å². The van der Waals surface area contributed by atoms with Crippen molar-refractivity contribution < 1.29 is 12.8 Å². The van der Waals surface area contributed by atoms with Crippen LogP contribution in [0.3, 0.4) is 0 Å². The summed E-state index contributed by atoms with van der Waals surface area (Å²) in [6.45, 7) is 3.55. The van der Waals surface area contributed by atoms with Crippen LogP contribution in [0.25, 0.3) is 0 Å². The van der Waals surface area contributed by atoms with E-state index in [4.69, 9.17) is 4.42 Å². The molecule has 1 aromatic rings. The van der Waals surface area contributed by atoms with E-state index >= 15 is 0 Å². The number of sulfonamides is 1. The molecule has 0 aromatic carbocycles. The molecule has 1 aromatic heterocycles. The third-order valence-electron chi connectivity index (χ3n) is 4.02. The number of nitrogens with one attached hydrogen (secondary N) is 2. The van der Waals surface area contributed by atoms with Crippen molar-refractivity contribution in [3.63, 3.8) is 0 Å². The van der Waals surface area contributed by atoms with Crippen LogP contribution in [0.1, 0.15) is 25.5 Å². The first-order valence-electron chi connectivity index (χ1n) is 8.02. The Morgan fingerprint density at radius 1 is 1.42 bits per heavy atom. The number of furan rings is 1. The van der Waals surface area contributed by atoms with Gasteiger partial charge in [-0.25, -0.2) is 12.7 Å². The van der Waals surface area contributed by atoms with Crippen molar-refractivity contribution in [3.8, 4) is 0 Å². The first kappa shape index (κ1) is 21.2. The maximum absolute atomic E-state index is 11.9. The number of guanidine groups is 1. The summed E-state index contributed by atoms with van der Waals surface area (Å²) in [5.41, 5.74) is 0. The highest BCUT2D eigenvalue weighted by molar-refractivity contribution is 14.0. The van der Waals surface area contributed by atoms with E-state index in [1.807, 2.05) is 12.1 Å². The van der Waals surface area contributed by atoms with E-state index in [-0.39, 0.29) is 35.8 Å². The zero-order valence-corrected chi connectivity index (χ0v) is 17.3. The van der Waals surface area contributed by atoms with Crippen LogP contribution in [0.4, 0.5) is 0 Å². The van der Waals surface area contributed by atoms with Crippen LogP contribution in [-0.2, 0) is 16.4 Å². The normalized spacial score (nSPS) is 17.3. The average Bonchev–Trinajstić information content (AvgIpc) is 3.07. The van der Waals surface area contributed by atoms with Gasteiger partial charge in [-0.05, 0) is 31.9 Å². The van der Waals surface area contributed by atoms with Crippen molar-refractivity contribution in [2.45, 2.75) is 32.2 Å². The molecule has 24 heavy (non-hydrogen) atoms. The van der Waals surface area contributed by atoms with Crippen molar-refractivity contribution in [2.75, 3.05) is 32.4 Å². The molecule has 1 aliphatic rings. The summed E-state index contributed by atoms with van der Waals surface area (Å²) in [7, 11) is -1.33. The van der Waals surface area contributed by atoms with Gasteiger partial charge >= 0.3 is 0 Å². The number of halogens is 1. The summed E-state index contributed by atoms with van der Waals surface area (Å²) in [5, 5.41) is 6.62. The van der Waals surface area contributed by atoms with Crippen LogP contribution in [0.5, 0.6) is 0 Å². The SMILES string of the molecule is CCS(=O)(=O)N1CCC(NC(=NC)NCCc2ccco2)CC1.I. The highest BCUT2D eigenvalue weighted by atomic mass is 127. The third-order valence-corrected chi connectivity index (χ3v) is 5.90. The Morgan fingerprint density at radius 3 is 2.67 bits per heavy atom. The van der Waals surface area contributed by atoms with E-state index < -0.39 is 10.0 Å². The lowest BCUT2D eigenvalue weighted by atomic mass is 10.1. The summed E-state index contributed by atoms with van der Waals surface area (Å²) in [6.07, 6.45) is 4.04. The minimum atomic E-state index is -3.07. The van der Waals surface area contributed by atoms with Crippen LogP contribution < -0.4 is 10.6 Å². The van der Waals surface area contributed by atoms with Gasteiger partial charge in [0.1, 0.15) is 5.76 Å². The lowest BCUT2D eigenvalue weighted by Crippen LogP contribution is -2.50. The minimum Gasteiger partial charge on any atom is -0.469 e. The monoisotopic (exact) mass is 470 g/mol. The van der Waals surface area contributed by atoms with Gasteiger partial charge in [0.05, 0.1) is 12.0 Å². The zero-order chi connectivity index (χ0) is 16.7. The lowest BCUT2D eigenvalue weighted by Gasteiger charge is -2.32. The highest BCUT2D eigenvalue weighted by Crippen LogP contribution is 2.14. The number of piperidine rings is 1. The summed E-state index contributed by atoms with van der Waals surface area (Å²) in [4.78, 5) is 4.22. The van der Waals surface area contributed by atoms with Gasteiger partial charge in [0.15, 0.2) is 5.96 Å². The first-order valence-corrected chi connectivity index (χ1v) is 9.63. The molecule has 0 amide bonds. The maximum atomic E-state index is 11.9. The molecule has 9 heteroatoms. The van der Waals surface area contributed by atoms with E-state index in [2.05, 4.69) is 15.6 Å². The average molecular weight is 470 g/mol. The molecule has 1 saturated heterocycles. The summed E-state index contributed by atoms with van der Waals surface area (Å²) < 4.78 is 30.6. The first-order chi connectivity index (χ1) is 11.0. The summed E-state index contributed by atoms with van der Waals surface area (Å²) >= 11 is 0. The Balaban J connectivity index is 0.00000288. The zero-order valence-electron chi connectivity index (χ0n) is 14.2. The van der Waals surface area contributed by atoms with Crippen molar-refractivity contribution in [1.29, 1.82) is 0 Å². The van der Waals surface area contributed by atoms with Crippen LogP contribution in [0, 0.1) is 0 Å². The van der Waals surface area contributed by atoms with Gasteiger partial charge in [0.2, 0.25) is 10.0 Å². The second-order valence-electron chi connectivity index (χ2n) is 5.55. The lowest BCUT2D eigenvalue weighted by molar-refractivity contribution is 0.306. The Bertz CT molecular complexity index is 596. The third kappa shape index (κ3) is 6.25. The number of hydrogen-bond acceptors (Lipinski definition) is 4. The smallest absolute Gasteiger partial charge is 0.213 e. The molecule has 2 N–H and O–H groups in total. The van der Waals surface area contributed by atoms with E-state index in [0.717, 1.165) is 37.5 Å². The fourth-order valence-corrected chi connectivity index (χ4v) is 3.74. The molecule has 0 bridgehead atoms. The molecule has 1 aliphatic heterocycles. The Kier molecular flexibility index (Phi) is 9.06. The van der Waals surface area contributed by atoms with Gasteiger partial charge < -0.3 is 15.1 Å². The van der Waals surface area contributed by atoms with Gasteiger partial charge in [-0.1, -0.05) is 0 Å². The Morgan fingerprint density at radius 2 is 2.12 bits per heavy atom. The van der Waals surface area contributed by atoms with Crippen LogP contribution in [0.2, 0.25) is 0 Å². The van der Waals surface area contributed by atoms with E-state index in [1.165, 1.54) is 0 Å². The molecule has 0 aliphatic carbocycles. The van der Waals surface area contributed by atoms with Crippen LogP contribution >= 0.6 is 24.0 Å². The molecule has 0 saturated carbocycles. The van der Waals surface area contributed by atoms with E-state index in [0.29, 0.717) is 13.1 Å². The van der Waals surface area contributed by atoms with Crippen LogP contribution in [0.15, 0.2) is 27.8 Å². The van der Waals surface area contributed by atoms with Crippen molar-refractivity contribution in [1.82, 2.24) is 14.9 Å². The minimum absolute atomic E-state index is 0. The largest absolute Gasteiger partial charge is 0.469 e. The molecule has 0 radical (unpaired) electrons. The van der Waals surface area contributed by atoms with E-state index in [1.54, 1.807) is 24.5 Å². The maximum Gasteiger partial charge on any atom is 0.213 e. The van der Waals surface area contributed by atoms with Gasteiger partial charge in [-0.3, -0.25) is 4.99 Å². The van der Waals surface area contributed by atoms with Crippen molar-refractivity contribution in [2.24, 2.45) is 4.99 Å². The molecule has 1 fully saturated rings. The predicted molar refractivity (Wildman–Crippen MR) is 106 cm³/mol. The molecular weight excluding hydrogens is 443 g/mol. The number of nitrogens with zero attached hydrogens (tertiary/aromatic N) is 2. The second-order valence-corrected chi connectivity index (χ2v) is 7.80. The standard InChI is InChI=1S/C15H26N4O3S.HI/c1-3-23(20,21)19-10-7-13(8-11-19)18-15(16-2)17-9-6-14-5-4-12-22-14;/h4-5,12-13H,3,6-11H2,1-2H3,(H2,16,17,18);1H. The summed E-state index contributed by atoms with van der Waals surface area (Å²) in [5.74, 6) is 1.85. The van der Waals surface area contributed by atoms with Gasteiger partial charge in [0.25, 0.3) is 0 Å².